The van der Waals surface area contributed by atoms with Gasteiger partial charge in [-0.05, 0) is 24.3 Å². The summed E-state index contributed by atoms with van der Waals surface area (Å²) >= 11 is 0. The Morgan fingerprint density at radius 3 is 2.55 bits per heavy atom. The first kappa shape index (κ1) is 15.0. The highest BCUT2D eigenvalue weighted by molar-refractivity contribution is 5.83. The molecule has 3 unspecified atom stereocenters. The SMILES string of the molecule is CC(C)C(C(=O)NCC1CCCC1O)c1ccccc1. The monoisotopic (exact) mass is 275 g/mol. The van der Waals surface area contributed by atoms with Crippen molar-refractivity contribution in [2.45, 2.75) is 45.1 Å². The van der Waals surface area contributed by atoms with Crippen molar-refractivity contribution in [1.82, 2.24) is 5.32 Å². The number of aliphatic hydroxyl groups is 1. The smallest absolute Gasteiger partial charge is 0.227 e. The van der Waals surface area contributed by atoms with Gasteiger partial charge in [0.15, 0.2) is 0 Å². The predicted molar refractivity (Wildman–Crippen MR) is 80.4 cm³/mol. The summed E-state index contributed by atoms with van der Waals surface area (Å²) in [5.41, 5.74) is 1.06. The maximum atomic E-state index is 12.5. The van der Waals surface area contributed by atoms with Gasteiger partial charge in [0.1, 0.15) is 0 Å². The van der Waals surface area contributed by atoms with Crippen molar-refractivity contribution < 1.29 is 9.90 Å². The molecule has 1 aromatic rings. The third kappa shape index (κ3) is 3.60. The molecular formula is C17H25NO2. The van der Waals surface area contributed by atoms with E-state index in [4.69, 9.17) is 0 Å². The predicted octanol–water partition coefficient (Wildman–Crippen LogP) is 2.70. The van der Waals surface area contributed by atoms with Crippen molar-refractivity contribution in [1.29, 1.82) is 0 Å². The number of carbonyl (C=O) groups is 1. The molecule has 3 atom stereocenters. The second kappa shape index (κ2) is 6.89. The zero-order chi connectivity index (χ0) is 14.5. The number of hydrogen-bond acceptors (Lipinski definition) is 2. The first-order valence-electron chi connectivity index (χ1n) is 7.60. The molecule has 1 aliphatic carbocycles. The lowest BCUT2D eigenvalue weighted by Gasteiger charge is -2.22. The summed E-state index contributed by atoms with van der Waals surface area (Å²) < 4.78 is 0. The van der Waals surface area contributed by atoms with Gasteiger partial charge in [0.25, 0.3) is 0 Å². The van der Waals surface area contributed by atoms with Crippen molar-refractivity contribution in [2.75, 3.05) is 6.54 Å². The molecule has 1 aliphatic rings. The zero-order valence-electron chi connectivity index (χ0n) is 12.4. The van der Waals surface area contributed by atoms with Crippen LogP contribution in [0.5, 0.6) is 0 Å². The van der Waals surface area contributed by atoms with Crippen LogP contribution >= 0.6 is 0 Å². The van der Waals surface area contributed by atoms with E-state index >= 15 is 0 Å². The minimum absolute atomic E-state index is 0.0744. The fourth-order valence-corrected chi connectivity index (χ4v) is 3.10. The average molecular weight is 275 g/mol. The van der Waals surface area contributed by atoms with Gasteiger partial charge < -0.3 is 10.4 Å². The minimum atomic E-state index is -0.246. The van der Waals surface area contributed by atoms with Gasteiger partial charge >= 0.3 is 0 Å². The van der Waals surface area contributed by atoms with E-state index in [1.165, 1.54) is 0 Å². The second-order valence-corrected chi connectivity index (χ2v) is 6.14. The molecule has 0 radical (unpaired) electrons. The zero-order valence-corrected chi connectivity index (χ0v) is 12.4. The quantitative estimate of drug-likeness (QED) is 0.868. The number of benzene rings is 1. The molecule has 110 valence electrons. The molecule has 1 saturated carbocycles. The summed E-state index contributed by atoms with van der Waals surface area (Å²) in [6, 6.07) is 9.93. The fraction of sp³-hybridized carbons (Fsp3) is 0.588. The third-order valence-corrected chi connectivity index (χ3v) is 4.27. The molecule has 1 aromatic carbocycles. The highest BCUT2D eigenvalue weighted by atomic mass is 16.3. The van der Waals surface area contributed by atoms with Gasteiger partial charge in [0, 0.05) is 12.5 Å². The highest BCUT2D eigenvalue weighted by Gasteiger charge is 2.28. The van der Waals surface area contributed by atoms with Crippen LogP contribution in [0.15, 0.2) is 30.3 Å². The Morgan fingerprint density at radius 1 is 1.30 bits per heavy atom. The van der Waals surface area contributed by atoms with Crippen molar-refractivity contribution in [3.63, 3.8) is 0 Å². The van der Waals surface area contributed by atoms with E-state index in [0.717, 1.165) is 24.8 Å². The molecule has 2 rings (SSSR count). The number of carbonyl (C=O) groups excluding carboxylic acids is 1. The van der Waals surface area contributed by atoms with Crippen LogP contribution in [0.25, 0.3) is 0 Å². The summed E-state index contributed by atoms with van der Waals surface area (Å²) in [4.78, 5) is 12.5. The Balaban J connectivity index is 1.97. The van der Waals surface area contributed by atoms with Crippen LogP contribution in [0.3, 0.4) is 0 Å². The molecule has 1 fully saturated rings. The molecule has 3 heteroatoms. The fourth-order valence-electron chi connectivity index (χ4n) is 3.10. The lowest BCUT2D eigenvalue weighted by atomic mass is 9.87. The molecular weight excluding hydrogens is 250 g/mol. The molecule has 0 aliphatic heterocycles. The molecule has 2 N–H and O–H groups in total. The normalized spacial score (nSPS) is 23.8. The van der Waals surface area contributed by atoms with Crippen LogP contribution in [0.1, 0.15) is 44.6 Å². The molecule has 0 aromatic heterocycles. The van der Waals surface area contributed by atoms with E-state index in [-0.39, 0.29) is 29.8 Å². The average Bonchev–Trinajstić information content (AvgIpc) is 2.83. The minimum Gasteiger partial charge on any atom is -0.393 e. The molecule has 0 bridgehead atoms. The molecule has 0 spiro atoms. The van der Waals surface area contributed by atoms with Gasteiger partial charge in [-0.15, -0.1) is 0 Å². The van der Waals surface area contributed by atoms with Crippen molar-refractivity contribution in [3.8, 4) is 0 Å². The number of amides is 1. The van der Waals surface area contributed by atoms with Gasteiger partial charge in [-0.25, -0.2) is 0 Å². The molecule has 0 heterocycles. The Labute approximate surface area is 121 Å². The van der Waals surface area contributed by atoms with Crippen molar-refractivity contribution >= 4 is 5.91 Å². The van der Waals surface area contributed by atoms with Crippen LogP contribution in [-0.2, 0) is 4.79 Å². The van der Waals surface area contributed by atoms with Crippen LogP contribution in [0.4, 0.5) is 0 Å². The maximum Gasteiger partial charge on any atom is 0.227 e. The Morgan fingerprint density at radius 2 is 2.00 bits per heavy atom. The molecule has 3 nitrogen and oxygen atoms in total. The van der Waals surface area contributed by atoms with Crippen molar-refractivity contribution in [3.05, 3.63) is 35.9 Å². The second-order valence-electron chi connectivity index (χ2n) is 6.14. The number of nitrogens with one attached hydrogen (secondary N) is 1. The largest absolute Gasteiger partial charge is 0.393 e. The molecule has 20 heavy (non-hydrogen) atoms. The topological polar surface area (TPSA) is 49.3 Å². The first-order chi connectivity index (χ1) is 9.59. The highest BCUT2D eigenvalue weighted by Crippen LogP contribution is 2.27. The molecule has 0 saturated heterocycles. The van der Waals surface area contributed by atoms with Gasteiger partial charge in [0.05, 0.1) is 12.0 Å². The van der Waals surface area contributed by atoms with E-state index in [1.54, 1.807) is 0 Å². The van der Waals surface area contributed by atoms with Crippen LogP contribution < -0.4 is 5.32 Å². The van der Waals surface area contributed by atoms with Crippen LogP contribution in [-0.4, -0.2) is 23.7 Å². The van der Waals surface area contributed by atoms with Gasteiger partial charge in [-0.3, -0.25) is 4.79 Å². The summed E-state index contributed by atoms with van der Waals surface area (Å²) in [6.07, 6.45) is 2.70. The summed E-state index contributed by atoms with van der Waals surface area (Å²) in [7, 11) is 0. The summed E-state index contributed by atoms with van der Waals surface area (Å²) in [6.45, 7) is 4.74. The van der Waals surface area contributed by atoms with E-state index in [9.17, 15) is 9.90 Å². The number of hydrogen-bond donors (Lipinski definition) is 2. The lowest BCUT2D eigenvalue weighted by Crippen LogP contribution is -2.37. The van der Waals surface area contributed by atoms with Gasteiger partial charge in [0.2, 0.25) is 5.91 Å². The third-order valence-electron chi connectivity index (χ3n) is 4.27. The van der Waals surface area contributed by atoms with Crippen LogP contribution in [0, 0.1) is 11.8 Å². The van der Waals surface area contributed by atoms with Crippen LogP contribution in [0.2, 0.25) is 0 Å². The van der Waals surface area contributed by atoms with E-state index < -0.39 is 0 Å². The Bertz CT molecular complexity index is 430. The summed E-state index contributed by atoms with van der Waals surface area (Å²) in [5.74, 6) is 0.438. The standard InChI is InChI=1S/C17H25NO2/c1-12(2)16(13-7-4-3-5-8-13)17(20)18-11-14-9-6-10-15(14)19/h3-5,7-8,12,14-16,19H,6,9-11H2,1-2H3,(H,18,20). The molecule has 1 amide bonds. The Kier molecular flexibility index (Phi) is 5.18. The Hall–Kier alpha value is -1.35. The van der Waals surface area contributed by atoms with Crippen molar-refractivity contribution in [2.24, 2.45) is 11.8 Å². The number of rotatable bonds is 5. The van der Waals surface area contributed by atoms with E-state index in [1.807, 2.05) is 30.3 Å². The lowest BCUT2D eigenvalue weighted by molar-refractivity contribution is -0.123. The summed E-state index contributed by atoms with van der Waals surface area (Å²) in [5, 5.41) is 12.9. The van der Waals surface area contributed by atoms with Gasteiger partial charge in [-0.2, -0.15) is 0 Å². The van der Waals surface area contributed by atoms with E-state index in [0.29, 0.717) is 6.54 Å². The number of aliphatic hydroxyl groups excluding tert-OH is 1. The maximum absolute atomic E-state index is 12.5. The van der Waals surface area contributed by atoms with E-state index in [2.05, 4.69) is 19.2 Å². The first-order valence-corrected chi connectivity index (χ1v) is 7.60. The van der Waals surface area contributed by atoms with Gasteiger partial charge in [-0.1, -0.05) is 50.6 Å².